The van der Waals surface area contributed by atoms with Crippen LogP contribution in [0.4, 0.5) is 0 Å². The van der Waals surface area contributed by atoms with Crippen molar-refractivity contribution >= 4 is 11.6 Å². The van der Waals surface area contributed by atoms with Gasteiger partial charge in [0.1, 0.15) is 5.75 Å². The molecule has 18 heavy (non-hydrogen) atoms. The molecule has 0 aliphatic rings. The lowest BCUT2D eigenvalue weighted by atomic mass is 10.1. The van der Waals surface area contributed by atoms with Gasteiger partial charge in [0.2, 0.25) is 0 Å². The van der Waals surface area contributed by atoms with Crippen LogP contribution in [0.3, 0.4) is 0 Å². The zero-order valence-corrected chi connectivity index (χ0v) is 12.6. The third kappa shape index (κ3) is 5.74. The van der Waals surface area contributed by atoms with Crippen molar-refractivity contribution in [2.24, 2.45) is 5.92 Å². The zero-order chi connectivity index (χ0) is 13.5. The van der Waals surface area contributed by atoms with E-state index >= 15 is 0 Å². The van der Waals surface area contributed by atoms with Crippen molar-refractivity contribution in [3.8, 4) is 5.75 Å². The molecule has 0 aliphatic heterocycles. The average Bonchev–Trinajstić information content (AvgIpc) is 2.27. The lowest BCUT2D eigenvalue weighted by Gasteiger charge is -2.15. The normalized spacial score (nSPS) is 11.3. The number of halogens is 1. The number of hydrogen-bond acceptors (Lipinski definition) is 2. The van der Waals surface area contributed by atoms with E-state index in [4.69, 9.17) is 16.3 Å². The van der Waals surface area contributed by atoms with Crippen molar-refractivity contribution in [3.63, 3.8) is 0 Å². The van der Waals surface area contributed by atoms with Crippen LogP contribution >= 0.6 is 11.6 Å². The first-order valence-electron chi connectivity index (χ1n) is 6.65. The van der Waals surface area contributed by atoms with Gasteiger partial charge in [-0.3, -0.25) is 0 Å². The second-order valence-electron chi connectivity index (χ2n) is 5.28. The number of rotatable bonds is 7. The summed E-state index contributed by atoms with van der Waals surface area (Å²) in [7, 11) is 0. The first-order valence-corrected chi connectivity index (χ1v) is 7.02. The molecular formula is C15H24ClNO. The first-order chi connectivity index (χ1) is 8.49. The highest BCUT2D eigenvalue weighted by Crippen LogP contribution is 2.23. The van der Waals surface area contributed by atoms with Crippen molar-refractivity contribution in [1.29, 1.82) is 0 Å². The molecule has 0 atom stereocenters. The van der Waals surface area contributed by atoms with Crippen molar-refractivity contribution < 1.29 is 4.74 Å². The maximum Gasteiger partial charge on any atom is 0.124 e. The Balaban J connectivity index is 2.58. The summed E-state index contributed by atoms with van der Waals surface area (Å²) in [5.74, 6) is 1.65. The smallest absolute Gasteiger partial charge is 0.124 e. The molecule has 2 nitrogen and oxygen atoms in total. The Morgan fingerprint density at radius 1 is 1.22 bits per heavy atom. The molecule has 0 amide bonds. The third-order valence-electron chi connectivity index (χ3n) is 2.60. The fourth-order valence-corrected chi connectivity index (χ4v) is 1.86. The van der Waals surface area contributed by atoms with E-state index in [1.54, 1.807) is 0 Å². The average molecular weight is 270 g/mol. The molecule has 1 aromatic carbocycles. The maximum atomic E-state index is 6.03. The summed E-state index contributed by atoms with van der Waals surface area (Å²) in [5, 5.41) is 4.19. The topological polar surface area (TPSA) is 21.3 Å². The Bertz CT molecular complexity index is 364. The van der Waals surface area contributed by atoms with Gasteiger partial charge in [-0.2, -0.15) is 0 Å². The summed E-state index contributed by atoms with van der Waals surface area (Å²) in [6.07, 6.45) is 1.36. The minimum absolute atomic E-state index is 0.181. The molecule has 0 heterocycles. The fourth-order valence-electron chi connectivity index (χ4n) is 1.67. The summed E-state index contributed by atoms with van der Waals surface area (Å²) in [6, 6.07) is 5.79. The van der Waals surface area contributed by atoms with Crippen LogP contribution in [0.5, 0.6) is 5.75 Å². The quantitative estimate of drug-likeness (QED) is 0.747. The van der Waals surface area contributed by atoms with Crippen molar-refractivity contribution in [1.82, 2.24) is 5.32 Å². The molecule has 0 aromatic heterocycles. The van der Waals surface area contributed by atoms with Crippen molar-refractivity contribution in [2.75, 3.05) is 6.54 Å². The molecule has 0 aliphatic carbocycles. The van der Waals surface area contributed by atoms with Gasteiger partial charge in [0, 0.05) is 17.1 Å². The molecule has 0 bridgehead atoms. The fraction of sp³-hybridized carbons (Fsp3) is 0.600. The lowest BCUT2D eigenvalue weighted by Crippen LogP contribution is -2.17. The molecule has 0 saturated heterocycles. The molecule has 1 rings (SSSR count). The Labute approximate surface area is 116 Å². The molecule has 102 valence electrons. The summed E-state index contributed by atoms with van der Waals surface area (Å²) in [4.78, 5) is 0. The number of ether oxygens (including phenoxy) is 1. The molecule has 1 N–H and O–H groups in total. The van der Waals surface area contributed by atoms with Gasteiger partial charge in [0.25, 0.3) is 0 Å². The zero-order valence-electron chi connectivity index (χ0n) is 11.8. The highest BCUT2D eigenvalue weighted by Gasteiger charge is 2.06. The molecule has 3 heteroatoms. The monoisotopic (exact) mass is 269 g/mol. The maximum absolute atomic E-state index is 6.03. The van der Waals surface area contributed by atoms with Crippen LogP contribution in [0.25, 0.3) is 0 Å². The Morgan fingerprint density at radius 2 is 1.94 bits per heavy atom. The van der Waals surface area contributed by atoms with Crippen LogP contribution in [-0.2, 0) is 6.54 Å². The minimum atomic E-state index is 0.181. The van der Waals surface area contributed by atoms with E-state index in [0.29, 0.717) is 0 Å². The Hall–Kier alpha value is -0.730. The van der Waals surface area contributed by atoms with Crippen LogP contribution in [0.1, 0.15) is 39.7 Å². The largest absolute Gasteiger partial charge is 0.491 e. The van der Waals surface area contributed by atoms with E-state index in [2.05, 4.69) is 19.2 Å². The minimum Gasteiger partial charge on any atom is -0.491 e. The van der Waals surface area contributed by atoms with Crippen molar-refractivity contribution in [3.05, 3.63) is 28.8 Å². The molecule has 0 unspecified atom stereocenters. The van der Waals surface area contributed by atoms with Crippen molar-refractivity contribution in [2.45, 2.75) is 46.8 Å². The molecule has 0 radical (unpaired) electrons. The van der Waals surface area contributed by atoms with Crippen LogP contribution in [0.2, 0.25) is 5.02 Å². The Kier molecular flexibility index (Phi) is 6.51. The van der Waals surface area contributed by atoms with Gasteiger partial charge in [-0.15, -0.1) is 0 Å². The van der Waals surface area contributed by atoms with E-state index in [1.807, 2.05) is 32.0 Å². The van der Waals surface area contributed by atoms with Crippen LogP contribution < -0.4 is 10.1 Å². The number of benzene rings is 1. The highest BCUT2D eigenvalue weighted by molar-refractivity contribution is 6.30. The van der Waals surface area contributed by atoms with Gasteiger partial charge in [-0.25, -0.2) is 0 Å². The van der Waals surface area contributed by atoms with Crippen LogP contribution in [0, 0.1) is 5.92 Å². The van der Waals surface area contributed by atoms with Gasteiger partial charge in [-0.1, -0.05) is 25.4 Å². The van der Waals surface area contributed by atoms with Crippen LogP contribution in [-0.4, -0.2) is 12.6 Å². The van der Waals surface area contributed by atoms with Gasteiger partial charge >= 0.3 is 0 Å². The van der Waals surface area contributed by atoms with E-state index < -0.39 is 0 Å². The van der Waals surface area contributed by atoms with Gasteiger partial charge < -0.3 is 10.1 Å². The van der Waals surface area contributed by atoms with E-state index in [0.717, 1.165) is 35.3 Å². The van der Waals surface area contributed by atoms with E-state index in [-0.39, 0.29) is 6.10 Å². The SMILES string of the molecule is CC(C)CCNCc1cc(Cl)ccc1OC(C)C. The molecule has 0 fully saturated rings. The van der Waals surface area contributed by atoms with Gasteiger partial charge in [0.05, 0.1) is 6.10 Å². The third-order valence-corrected chi connectivity index (χ3v) is 2.83. The lowest BCUT2D eigenvalue weighted by molar-refractivity contribution is 0.239. The Morgan fingerprint density at radius 3 is 2.56 bits per heavy atom. The molecule has 1 aromatic rings. The summed E-state index contributed by atoms with van der Waals surface area (Å²) in [5.41, 5.74) is 1.12. The molecular weight excluding hydrogens is 246 g/mol. The predicted octanol–water partition coefficient (Wildman–Crippen LogP) is 4.26. The molecule has 0 saturated carbocycles. The highest BCUT2D eigenvalue weighted by atomic mass is 35.5. The van der Waals surface area contributed by atoms with E-state index in [1.165, 1.54) is 6.42 Å². The second kappa shape index (κ2) is 7.65. The van der Waals surface area contributed by atoms with Gasteiger partial charge in [0.15, 0.2) is 0 Å². The number of hydrogen-bond donors (Lipinski definition) is 1. The number of nitrogens with one attached hydrogen (secondary N) is 1. The standard InChI is InChI=1S/C15H24ClNO/c1-11(2)7-8-17-10-13-9-14(16)5-6-15(13)18-12(3)4/h5-6,9,11-12,17H,7-8,10H2,1-4H3. The summed E-state index contributed by atoms with van der Waals surface area (Å²) in [6.45, 7) is 10.3. The second-order valence-corrected chi connectivity index (χ2v) is 5.71. The summed E-state index contributed by atoms with van der Waals surface area (Å²) < 4.78 is 5.78. The molecule has 0 spiro atoms. The van der Waals surface area contributed by atoms with Crippen LogP contribution in [0.15, 0.2) is 18.2 Å². The predicted molar refractivity (Wildman–Crippen MR) is 78.4 cm³/mol. The van der Waals surface area contributed by atoms with E-state index in [9.17, 15) is 0 Å². The summed E-state index contributed by atoms with van der Waals surface area (Å²) >= 11 is 6.03. The first kappa shape index (κ1) is 15.3. The van der Waals surface area contributed by atoms with Gasteiger partial charge in [-0.05, 0) is 50.9 Å².